The van der Waals surface area contributed by atoms with Gasteiger partial charge in [-0.2, -0.15) is 0 Å². The Kier molecular flexibility index (Phi) is 9.12. The fraction of sp³-hybridized carbons (Fsp3) is 0.526. The maximum Gasteiger partial charge on any atom is 0.408 e. The molecule has 0 spiro atoms. The number of alkyl carbamates (subject to hydrolysis) is 1. The Morgan fingerprint density at radius 3 is 2.07 bits per heavy atom. The molecule has 8 heteroatoms. The van der Waals surface area contributed by atoms with E-state index in [1.807, 2.05) is 24.3 Å². The van der Waals surface area contributed by atoms with Crippen molar-refractivity contribution in [1.29, 1.82) is 0 Å². The van der Waals surface area contributed by atoms with Crippen molar-refractivity contribution in [3.05, 3.63) is 29.8 Å². The molecule has 0 bridgehead atoms. The van der Waals surface area contributed by atoms with Crippen LogP contribution in [0.5, 0.6) is 5.75 Å². The third-order valence-electron chi connectivity index (χ3n) is 3.36. The molecule has 0 radical (unpaired) electrons. The molecule has 0 aromatic heterocycles. The number of hydrogen-bond acceptors (Lipinski definition) is 5. The Bertz CT molecular complexity index is 623. The van der Waals surface area contributed by atoms with Gasteiger partial charge < -0.3 is 25.4 Å². The lowest BCUT2D eigenvalue weighted by Crippen LogP contribution is -2.42. The van der Waals surface area contributed by atoms with Crippen molar-refractivity contribution in [2.24, 2.45) is 0 Å². The number of benzene rings is 1. The van der Waals surface area contributed by atoms with Crippen molar-refractivity contribution in [1.82, 2.24) is 16.0 Å². The molecule has 8 nitrogen and oxygen atoms in total. The van der Waals surface area contributed by atoms with E-state index in [2.05, 4.69) is 16.0 Å². The van der Waals surface area contributed by atoms with Gasteiger partial charge in [-0.05, 0) is 44.9 Å². The van der Waals surface area contributed by atoms with Gasteiger partial charge in [-0.1, -0.05) is 12.1 Å². The molecule has 1 rings (SSSR count). The Morgan fingerprint density at radius 2 is 1.52 bits per heavy atom. The highest BCUT2D eigenvalue weighted by Gasteiger charge is 2.16. The summed E-state index contributed by atoms with van der Waals surface area (Å²) in [6, 6.07) is 7.55. The van der Waals surface area contributed by atoms with Gasteiger partial charge in [0.25, 0.3) is 0 Å². The second kappa shape index (κ2) is 11.1. The van der Waals surface area contributed by atoms with Gasteiger partial charge in [-0.25, -0.2) is 4.79 Å². The maximum absolute atomic E-state index is 11.8. The monoisotopic (exact) mass is 379 g/mol. The minimum atomic E-state index is -0.649. The second-order valence-electron chi connectivity index (χ2n) is 6.90. The molecule has 0 saturated heterocycles. The highest BCUT2D eigenvalue weighted by Crippen LogP contribution is 2.12. The summed E-state index contributed by atoms with van der Waals surface area (Å²) < 4.78 is 10.1. The summed E-state index contributed by atoms with van der Waals surface area (Å²) in [5.74, 6) is 0.334. The third-order valence-corrected chi connectivity index (χ3v) is 3.36. The number of hydrogen-bond donors (Lipinski definition) is 3. The number of aryl methyl sites for hydroxylation is 1. The van der Waals surface area contributed by atoms with Crippen molar-refractivity contribution in [3.63, 3.8) is 0 Å². The maximum atomic E-state index is 11.8. The van der Waals surface area contributed by atoms with Gasteiger partial charge in [0.05, 0.1) is 13.7 Å². The van der Waals surface area contributed by atoms with Crippen LogP contribution in [-0.2, 0) is 20.7 Å². The van der Waals surface area contributed by atoms with E-state index in [9.17, 15) is 14.4 Å². The van der Waals surface area contributed by atoms with E-state index in [4.69, 9.17) is 9.47 Å². The standard InChI is InChI=1S/C19H29N3O5/c1-19(2,3)27-18(25)22-13-17(24)21-12-11-20-16(23)10-7-14-5-8-15(26-4)9-6-14/h5-6,8-9H,7,10-13H2,1-4H3,(H,20,23)(H,21,24)(H,22,25). The molecule has 0 saturated carbocycles. The minimum absolute atomic E-state index is 0.0908. The molecule has 1 aromatic rings. The largest absolute Gasteiger partial charge is 0.497 e. The Hall–Kier alpha value is -2.77. The van der Waals surface area contributed by atoms with E-state index in [-0.39, 0.29) is 24.9 Å². The van der Waals surface area contributed by atoms with E-state index >= 15 is 0 Å². The third kappa shape index (κ3) is 10.7. The Morgan fingerprint density at radius 1 is 0.926 bits per heavy atom. The van der Waals surface area contributed by atoms with Crippen molar-refractivity contribution in [2.45, 2.75) is 39.2 Å². The van der Waals surface area contributed by atoms with Gasteiger partial charge >= 0.3 is 6.09 Å². The molecular weight excluding hydrogens is 350 g/mol. The first-order valence-corrected chi connectivity index (χ1v) is 8.83. The van der Waals surface area contributed by atoms with Crippen molar-refractivity contribution >= 4 is 17.9 Å². The predicted octanol–water partition coefficient (Wildman–Crippen LogP) is 1.38. The SMILES string of the molecule is COc1ccc(CCC(=O)NCCNC(=O)CNC(=O)OC(C)(C)C)cc1. The minimum Gasteiger partial charge on any atom is -0.497 e. The molecule has 27 heavy (non-hydrogen) atoms. The predicted molar refractivity (Wildman–Crippen MR) is 102 cm³/mol. The van der Waals surface area contributed by atoms with Crippen LogP contribution in [0.3, 0.4) is 0 Å². The van der Waals surface area contributed by atoms with E-state index < -0.39 is 11.7 Å². The average molecular weight is 379 g/mol. The van der Waals surface area contributed by atoms with Crippen LogP contribution in [0.1, 0.15) is 32.8 Å². The lowest BCUT2D eigenvalue weighted by atomic mass is 10.1. The van der Waals surface area contributed by atoms with Crippen LogP contribution in [-0.4, -0.2) is 50.3 Å². The van der Waals surface area contributed by atoms with Crippen LogP contribution in [0.4, 0.5) is 4.79 Å². The highest BCUT2D eigenvalue weighted by molar-refractivity contribution is 5.82. The highest BCUT2D eigenvalue weighted by atomic mass is 16.6. The zero-order valence-corrected chi connectivity index (χ0v) is 16.4. The van der Waals surface area contributed by atoms with Gasteiger partial charge in [0, 0.05) is 19.5 Å². The summed E-state index contributed by atoms with van der Waals surface area (Å²) >= 11 is 0. The molecule has 1 aromatic carbocycles. The molecule has 0 heterocycles. The van der Waals surface area contributed by atoms with Crippen LogP contribution >= 0.6 is 0 Å². The summed E-state index contributed by atoms with van der Waals surface area (Å²) in [5, 5.41) is 7.71. The first kappa shape index (κ1) is 22.3. The quantitative estimate of drug-likeness (QED) is 0.562. The molecule has 0 aliphatic heterocycles. The number of carbonyl (C=O) groups is 3. The van der Waals surface area contributed by atoms with Gasteiger partial charge in [0.1, 0.15) is 11.4 Å². The molecule has 3 amide bonds. The Labute approximate surface area is 160 Å². The molecule has 3 N–H and O–H groups in total. The van der Waals surface area contributed by atoms with Crippen molar-refractivity contribution in [2.75, 3.05) is 26.7 Å². The van der Waals surface area contributed by atoms with E-state index in [0.717, 1.165) is 11.3 Å². The fourth-order valence-electron chi connectivity index (χ4n) is 2.07. The summed E-state index contributed by atoms with van der Waals surface area (Å²) in [6.07, 6.45) is 0.340. The Balaban J connectivity index is 2.11. The van der Waals surface area contributed by atoms with Crippen molar-refractivity contribution in [3.8, 4) is 5.75 Å². The zero-order valence-electron chi connectivity index (χ0n) is 16.4. The summed E-state index contributed by atoms with van der Waals surface area (Å²) in [7, 11) is 1.61. The van der Waals surface area contributed by atoms with Gasteiger partial charge in [0.15, 0.2) is 0 Å². The number of amides is 3. The number of ether oxygens (including phenoxy) is 2. The van der Waals surface area contributed by atoms with Crippen LogP contribution in [0.2, 0.25) is 0 Å². The number of nitrogens with one attached hydrogen (secondary N) is 3. The average Bonchev–Trinajstić information content (AvgIpc) is 2.61. The summed E-state index contributed by atoms with van der Waals surface area (Å²) in [6.45, 7) is 5.64. The zero-order chi connectivity index (χ0) is 20.3. The molecule has 0 aliphatic carbocycles. The van der Waals surface area contributed by atoms with Gasteiger partial charge in [0.2, 0.25) is 11.8 Å². The van der Waals surface area contributed by atoms with E-state index in [1.54, 1.807) is 27.9 Å². The fourth-order valence-corrected chi connectivity index (χ4v) is 2.07. The lowest BCUT2D eigenvalue weighted by Gasteiger charge is -2.19. The van der Waals surface area contributed by atoms with Gasteiger partial charge in [-0.15, -0.1) is 0 Å². The molecule has 150 valence electrons. The molecule has 0 unspecified atom stereocenters. The molecule has 0 atom stereocenters. The first-order valence-electron chi connectivity index (χ1n) is 8.83. The lowest BCUT2D eigenvalue weighted by molar-refractivity contribution is -0.122. The molecule has 0 fully saturated rings. The van der Waals surface area contributed by atoms with Crippen LogP contribution in [0, 0.1) is 0 Å². The van der Waals surface area contributed by atoms with Crippen LogP contribution in [0.15, 0.2) is 24.3 Å². The topological polar surface area (TPSA) is 106 Å². The summed E-state index contributed by atoms with van der Waals surface area (Å²) in [5.41, 5.74) is 0.434. The normalized spacial score (nSPS) is 10.7. The van der Waals surface area contributed by atoms with Crippen LogP contribution in [0.25, 0.3) is 0 Å². The number of carbonyl (C=O) groups excluding carboxylic acids is 3. The first-order chi connectivity index (χ1) is 12.7. The van der Waals surface area contributed by atoms with Crippen LogP contribution < -0.4 is 20.7 Å². The molecule has 0 aliphatic rings. The van der Waals surface area contributed by atoms with E-state index in [0.29, 0.717) is 19.4 Å². The second-order valence-corrected chi connectivity index (χ2v) is 6.90. The number of methoxy groups -OCH3 is 1. The van der Waals surface area contributed by atoms with Crippen molar-refractivity contribution < 1.29 is 23.9 Å². The number of rotatable bonds is 9. The molecular formula is C19H29N3O5. The van der Waals surface area contributed by atoms with Gasteiger partial charge in [-0.3, -0.25) is 9.59 Å². The van der Waals surface area contributed by atoms with E-state index in [1.165, 1.54) is 0 Å². The smallest absolute Gasteiger partial charge is 0.408 e. The summed E-state index contributed by atoms with van der Waals surface area (Å²) in [4.78, 5) is 34.9.